The van der Waals surface area contributed by atoms with Crippen molar-refractivity contribution in [2.45, 2.75) is 42.7 Å². The van der Waals surface area contributed by atoms with E-state index in [-0.39, 0.29) is 40.9 Å². The molecule has 1 aromatic carbocycles. The SMILES string of the molecule is CC(C)n1cnc(S(=O)(=O)N2CCC(C(=O)Nc3ccc(S(N)(=O)=O)cc3)CC2)c1. The molecule has 1 aliphatic rings. The molecule has 0 atom stereocenters. The third-order valence-electron chi connectivity index (χ3n) is 5.05. The molecule has 0 aliphatic carbocycles. The molecule has 0 spiro atoms. The molecule has 1 amide bonds. The second kappa shape index (κ2) is 8.46. The number of sulfonamides is 2. The quantitative estimate of drug-likeness (QED) is 0.668. The van der Waals surface area contributed by atoms with Crippen LogP contribution >= 0.6 is 0 Å². The molecule has 0 saturated carbocycles. The molecule has 30 heavy (non-hydrogen) atoms. The van der Waals surface area contributed by atoms with E-state index in [4.69, 9.17) is 5.14 Å². The van der Waals surface area contributed by atoms with Crippen LogP contribution in [0.25, 0.3) is 0 Å². The molecule has 2 heterocycles. The van der Waals surface area contributed by atoms with Crippen molar-refractivity contribution in [1.82, 2.24) is 13.9 Å². The average molecular weight is 456 g/mol. The third kappa shape index (κ3) is 4.89. The molecule has 2 aromatic rings. The third-order valence-corrected chi connectivity index (χ3v) is 7.77. The molecule has 12 heteroatoms. The Morgan fingerprint density at radius 1 is 1.13 bits per heavy atom. The summed E-state index contributed by atoms with van der Waals surface area (Å²) in [7, 11) is -7.50. The van der Waals surface area contributed by atoms with Crippen LogP contribution in [0.4, 0.5) is 5.69 Å². The van der Waals surface area contributed by atoms with Crippen LogP contribution in [-0.2, 0) is 24.8 Å². The van der Waals surface area contributed by atoms with Crippen LogP contribution in [0.15, 0.2) is 46.7 Å². The number of carbonyl (C=O) groups excluding carboxylic acids is 1. The fraction of sp³-hybridized carbons (Fsp3) is 0.444. The van der Waals surface area contributed by atoms with Gasteiger partial charge in [0.1, 0.15) is 0 Å². The highest BCUT2D eigenvalue weighted by Gasteiger charge is 2.33. The number of aromatic nitrogens is 2. The van der Waals surface area contributed by atoms with Crippen LogP contribution in [0.2, 0.25) is 0 Å². The summed E-state index contributed by atoms with van der Waals surface area (Å²) in [6.07, 6.45) is 3.78. The van der Waals surface area contributed by atoms with Gasteiger partial charge in [-0.2, -0.15) is 4.31 Å². The summed E-state index contributed by atoms with van der Waals surface area (Å²) in [5.74, 6) is -0.581. The van der Waals surface area contributed by atoms with Gasteiger partial charge in [0.15, 0.2) is 5.03 Å². The zero-order valence-electron chi connectivity index (χ0n) is 16.7. The molecule has 0 bridgehead atoms. The van der Waals surface area contributed by atoms with Crippen LogP contribution < -0.4 is 10.5 Å². The Labute approximate surface area is 176 Å². The summed E-state index contributed by atoms with van der Waals surface area (Å²) in [5.41, 5.74) is 0.446. The lowest BCUT2D eigenvalue weighted by Gasteiger charge is -2.29. The van der Waals surface area contributed by atoms with Crippen LogP contribution in [0.1, 0.15) is 32.7 Å². The van der Waals surface area contributed by atoms with Gasteiger partial charge in [-0.3, -0.25) is 4.79 Å². The number of hydrogen-bond donors (Lipinski definition) is 2. The largest absolute Gasteiger partial charge is 0.334 e. The van der Waals surface area contributed by atoms with Crippen molar-refractivity contribution in [3.8, 4) is 0 Å². The highest BCUT2D eigenvalue weighted by molar-refractivity contribution is 7.89. The van der Waals surface area contributed by atoms with E-state index in [0.29, 0.717) is 18.5 Å². The number of benzene rings is 1. The van der Waals surface area contributed by atoms with Crippen molar-refractivity contribution < 1.29 is 21.6 Å². The van der Waals surface area contributed by atoms with Crippen molar-refractivity contribution in [1.29, 1.82) is 0 Å². The number of piperidine rings is 1. The molecule has 3 rings (SSSR count). The lowest BCUT2D eigenvalue weighted by Crippen LogP contribution is -2.41. The lowest BCUT2D eigenvalue weighted by atomic mass is 9.97. The van der Waals surface area contributed by atoms with Crippen molar-refractivity contribution in [3.63, 3.8) is 0 Å². The van der Waals surface area contributed by atoms with E-state index in [1.54, 1.807) is 4.57 Å². The van der Waals surface area contributed by atoms with Crippen LogP contribution in [0.3, 0.4) is 0 Å². The number of amides is 1. The van der Waals surface area contributed by atoms with Gasteiger partial charge in [0.05, 0.1) is 11.2 Å². The Bertz CT molecular complexity index is 1120. The van der Waals surface area contributed by atoms with Crippen LogP contribution in [-0.4, -0.2) is 49.7 Å². The predicted octanol–water partition coefficient (Wildman–Crippen LogP) is 1.15. The van der Waals surface area contributed by atoms with Gasteiger partial charge in [-0.25, -0.2) is 27.0 Å². The van der Waals surface area contributed by atoms with Crippen molar-refractivity contribution in [2.75, 3.05) is 18.4 Å². The smallest absolute Gasteiger partial charge is 0.262 e. The first kappa shape index (κ1) is 22.4. The Morgan fingerprint density at radius 2 is 1.73 bits per heavy atom. The van der Waals surface area contributed by atoms with Gasteiger partial charge in [-0.15, -0.1) is 0 Å². The number of anilines is 1. The summed E-state index contributed by atoms with van der Waals surface area (Å²) in [6.45, 7) is 4.31. The Hall–Kier alpha value is -2.28. The molecular weight excluding hydrogens is 430 g/mol. The molecule has 0 unspecified atom stereocenters. The Morgan fingerprint density at radius 3 is 2.23 bits per heavy atom. The van der Waals surface area contributed by atoms with Gasteiger partial charge in [0.25, 0.3) is 10.0 Å². The first-order valence-electron chi connectivity index (χ1n) is 9.46. The number of nitrogens with zero attached hydrogens (tertiary/aromatic N) is 3. The van der Waals surface area contributed by atoms with Crippen molar-refractivity contribution in [2.24, 2.45) is 11.1 Å². The molecule has 0 radical (unpaired) electrons. The Balaban J connectivity index is 1.60. The van der Waals surface area contributed by atoms with Gasteiger partial charge in [-0.05, 0) is 51.0 Å². The molecule has 1 saturated heterocycles. The highest BCUT2D eigenvalue weighted by Crippen LogP contribution is 2.25. The van der Waals surface area contributed by atoms with Gasteiger partial charge in [0, 0.05) is 36.9 Å². The second-order valence-electron chi connectivity index (χ2n) is 7.49. The molecule has 1 aliphatic heterocycles. The summed E-state index contributed by atoms with van der Waals surface area (Å²) < 4.78 is 51.3. The van der Waals surface area contributed by atoms with Crippen molar-refractivity contribution in [3.05, 3.63) is 36.8 Å². The molecular formula is C18H25N5O5S2. The minimum Gasteiger partial charge on any atom is -0.334 e. The normalized spacial score (nSPS) is 16.7. The van der Waals surface area contributed by atoms with E-state index in [9.17, 15) is 21.6 Å². The molecule has 164 valence electrons. The molecule has 1 aromatic heterocycles. The molecule has 1 fully saturated rings. The van der Waals surface area contributed by atoms with Crippen LogP contribution in [0, 0.1) is 5.92 Å². The number of rotatable bonds is 6. The highest BCUT2D eigenvalue weighted by atomic mass is 32.2. The Kier molecular flexibility index (Phi) is 6.32. The van der Waals surface area contributed by atoms with E-state index in [1.165, 1.54) is 41.1 Å². The number of primary sulfonamides is 1. The maximum atomic E-state index is 12.8. The van der Waals surface area contributed by atoms with Crippen molar-refractivity contribution >= 4 is 31.6 Å². The number of hydrogen-bond acceptors (Lipinski definition) is 6. The van der Waals surface area contributed by atoms with E-state index in [0.717, 1.165) is 0 Å². The average Bonchev–Trinajstić information content (AvgIpc) is 3.19. The maximum absolute atomic E-state index is 12.8. The van der Waals surface area contributed by atoms with Gasteiger partial charge >= 0.3 is 0 Å². The zero-order chi connectivity index (χ0) is 22.1. The van der Waals surface area contributed by atoms with E-state index >= 15 is 0 Å². The fourth-order valence-corrected chi connectivity index (χ4v) is 5.10. The summed E-state index contributed by atoms with van der Waals surface area (Å²) in [4.78, 5) is 16.5. The van der Waals surface area contributed by atoms with Crippen LogP contribution in [0.5, 0.6) is 0 Å². The van der Waals surface area contributed by atoms with E-state index < -0.39 is 20.0 Å². The first-order chi connectivity index (χ1) is 14.0. The number of carbonyl (C=O) groups is 1. The van der Waals surface area contributed by atoms with Gasteiger partial charge in [0.2, 0.25) is 15.9 Å². The minimum absolute atomic E-state index is 0.00838. The molecule has 10 nitrogen and oxygen atoms in total. The zero-order valence-corrected chi connectivity index (χ0v) is 18.4. The molecule has 3 N–H and O–H groups in total. The monoisotopic (exact) mass is 455 g/mol. The summed E-state index contributed by atoms with van der Waals surface area (Å²) in [5, 5.41) is 7.80. The van der Waals surface area contributed by atoms with E-state index in [2.05, 4.69) is 10.3 Å². The standard InChI is InChI=1S/C18H25N5O5S2/c1-13(2)22-11-17(20-12-22)30(27,28)23-9-7-14(8-10-23)18(24)21-15-3-5-16(6-4-15)29(19,25)26/h3-6,11-14H,7-10H2,1-2H3,(H,21,24)(H2,19,25,26). The lowest BCUT2D eigenvalue weighted by molar-refractivity contribution is -0.120. The first-order valence-corrected chi connectivity index (χ1v) is 12.4. The van der Waals surface area contributed by atoms with E-state index in [1.807, 2.05) is 13.8 Å². The topological polar surface area (TPSA) is 144 Å². The summed E-state index contributed by atoms with van der Waals surface area (Å²) in [6, 6.07) is 5.66. The second-order valence-corrected chi connectivity index (χ2v) is 10.9. The number of nitrogens with one attached hydrogen (secondary N) is 1. The number of nitrogens with two attached hydrogens (primary N) is 1. The van der Waals surface area contributed by atoms with Gasteiger partial charge in [-0.1, -0.05) is 0 Å². The minimum atomic E-state index is -3.80. The number of imidazole rings is 1. The fourth-order valence-electron chi connectivity index (χ4n) is 3.20. The predicted molar refractivity (Wildman–Crippen MR) is 111 cm³/mol. The maximum Gasteiger partial charge on any atom is 0.262 e. The van der Waals surface area contributed by atoms with Gasteiger partial charge < -0.3 is 9.88 Å². The summed E-state index contributed by atoms with van der Waals surface area (Å²) >= 11 is 0.